The molecule has 0 aromatic heterocycles. The first-order valence-corrected chi connectivity index (χ1v) is 15.0. The molecule has 2 aliphatic heterocycles. The van der Waals surface area contributed by atoms with E-state index in [0.717, 1.165) is 16.7 Å². The number of hydrogen-bond donors (Lipinski definition) is 0. The lowest BCUT2D eigenvalue weighted by Crippen LogP contribution is -2.63. The fraction of sp³-hybridized carbons (Fsp3) is 0.364. The monoisotopic (exact) mass is 626 g/mol. The highest BCUT2D eigenvalue weighted by Crippen LogP contribution is 2.45. The molecule has 43 heavy (non-hydrogen) atoms. The first-order valence-electron chi connectivity index (χ1n) is 14.3. The van der Waals surface area contributed by atoms with Crippen LogP contribution in [0.1, 0.15) is 48.6 Å². The molecular weight excluding hydrogens is 594 g/mol. The molecule has 0 radical (unpaired) electrons. The Bertz CT molecular complexity index is 1450. The molecular formula is C33H33Cl2FN2O5. The van der Waals surface area contributed by atoms with Gasteiger partial charge < -0.3 is 19.3 Å². The minimum Gasteiger partial charge on any atom is -0.469 e. The molecule has 0 N–H and O–H groups in total. The van der Waals surface area contributed by atoms with Crippen LogP contribution in [0.5, 0.6) is 0 Å². The van der Waals surface area contributed by atoms with Crippen LogP contribution < -0.4 is 0 Å². The standard InChI is InChI=1S/C33H33Cl2FN2O5/c1-3-4-27(31(39)37-18-23(19-37)33(41)42-2)38-29(21-7-11-24(34)12-8-21)30(22-9-13-25(35)14-10-22)43-28(32(38)40)17-20-5-15-26(36)16-6-20/h5-16,23,27-30H,3-4,17-19H2,1-2H3/t27-,28+,29-,30?/m0/s1. The predicted molar refractivity (Wildman–Crippen MR) is 161 cm³/mol. The van der Waals surface area contributed by atoms with Gasteiger partial charge >= 0.3 is 5.97 Å². The van der Waals surface area contributed by atoms with Crippen molar-refractivity contribution >= 4 is 41.0 Å². The third-order valence-electron chi connectivity index (χ3n) is 8.08. The number of esters is 1. The topological polar surface area (TPSA) is 76.2 Å². The summed E-state index contributed by atoms with van der Waals surface area (Å²) < 4.78 is 25.2. The Morgan fingerprint density at radius 3 is 2.09 bits per heavy atom. The molecule has 3 aromatic carbocycles. The normalized spacial score (nSPS) is 21.3. The van der Waals surface area contributed by atoms with Crippen LogP contribution >= 0.6 is 23.2 Å². The minimum atomic E-state index is -0.943. The average Bonchev–Trinajstić information content (AvgIpc) is 2.98. The van der Waals surface area contributed by atoms with Crippen molar-refractivity contribution in [2.24, 2.45) is 5.92 Å². The summed E-state index contributed by atoms with van der Waals surface area (Å²) in [5.74, 6) is -1.70. The van der Waals surface area contributed by atoms with Gasteiger partial charge in [0.1, 0.15) is 24.1 Å². The molecule has 0 bridgehead atoms. The molecule has 3 aromatic rings. The van der Waals surface area contributed by atoms with Gasteiger partial charge in [0.15, 0.2) is 0 Å². The smallest absolute Gasteiger partial charge is 0.312 e. The van der Waals surface area contributed by atoms with E-state index in [1.165, 1.54) is 19.2 Å². The lowest BCUT2D eigenvalue weighted by Gasteiger charge is -2.49. The first-order chi connectivity index (χ1) is 20.7. The van der Waals surface area contributed by atoms with Crippen LogP contribution in [0.4, 0.5) is 4.39 Å². The molecule has 1 unspecified atom stereocenters. The van der Waals surface area contributed by atoms with E-state index >= 15 is 0 Å². The zero-order chi connectivity index (χ0) is 30.7. The van der Waals surface area contributed by atoms with Crippen molar-refractivity contribution in [3.05, 3.63) is 105 Å². The van der Waals surface area contributed by atoms with Crippen LogP contribution in [0.25, 0.3) is 0 Å². The highest BCUT2D eigenvalue weighted by Gasteiger charge is 2.50. The maximum atomic E-state index is 14.5. The molecule has 2 fully saturated rings. The maximum Gasteiger partial charge on any atom is 0.312 e. The van der Waals surface area contributed by atoms with Gasteiger partial charge in [0.05, 0.1) is 19.1 Å². The van der Waals surface area contributed by atoms with E-state index in [-0.39, 0.29) is 43.1 Å². The molecule has 7 nitrogen and oxygen atoms in total. The summed E-state index contributed by atoms with van der Waals surface area (Å²) in [4.78, 5) is 43.9. The third kappa shape index (κ3) is 6.71. The molecule has 0 spiro atoms. The summed E-state index contributed by atoms with van der Waals surface area (Å²) in [6, 6.07) is 18.9. The van der Waals surface area contributed by atoms with Gasteiger partial charge in [-0.25, -0.2) is 4.39 Å². The number of hydrogen-bond acceptors (Lipinski definition) is 5. The zero-order valence-electron chi connectivity index (χ0n) is 23.9. The van der Waals surface area contributed by atoms with Gasteiger partial charge in [0, 0.05) is 29.6 Å². The Labute approximate surface area is 260 Å². The Morgan fingerprint density at radius 2 is 1.53 bits per heavy atom. The van der Waals surface area contributed by atoms with E-state index in [0.29, 0.717) is 22.9 Å². The van der Waals surface area contributed by atoms with Crippen LogP contribution in [0.3, 0.4) is 0 Å². The van der Waals surface area contributed by atoms with Crippen LogP contribution in [-0.2, 0) is 30.3 Å². The molecule has 2 amide bonds. The van der Waals surface area contributed by atoms with Crippen LogP contribution in [0.2, 0.25) is 10.0 Å². The van der Waals surface area contributed by atoms with Crippen molar-refractivity contribution in [1.29, 1.82) is 0 Å². The molecule has 2 heterocycles. The van der Waals surface area contributed by atoms with Gasteiger partial charge in [-0.2, -0.15) is 0 Å². The summed E-state index contributed by atoms with van der Waals surface area (Å²) in [5, 5.41) is 1.08. The van der Waals surface area contributed by atoms with Crippen molar-refractivity contribution in [3.63, 3.8) is 0 Å². The number of ether oxygens (including phenoxy) is 2. The zero-order valence-corrected chi connectivity index (χ0v) is 25.4. The number of amides is 2. The second kappa shape index (κ2) is 13.5. The predicted octanol–water partition coefficient (Wildman–Crippen LogP) is 6.19. The van der Waals surface area contributed by atoms with E-state index in [1.807, 2.05) is 31.2 Å². The van der Waals surface area contributed by atoms with E-state index in [9.17, 15) is 18.8 Å². The molecule has 2 saturated heterocycles. The number of methoxy groups -OCH3 is 1. The molecule has 5 rings (SSSR count). The van der Waals surface area contributed by atoms with E-state index in [2.05, 4.69) is 0 Å². The largest absolute Gasteiger partial charge is 0.469 e. The summed E-state index contributed by atoms with van der Waals surface area (Å²) in [7, 11) is 1.33. The molecule has 226 valence electrons. The van der Waals surface area contributed by atoms with Crippen molar-refractivity contribution in [2.75, 3.05) is 20.2 Å². The van der Waals surface area contributed by atoms with Crippen molar-refractivity contribution < 1.29 is 28.2 Å². The summed E-state index contributed by atoms with van der Waals surface area (Å²) in [5.41, 5.74) is 2.26. The number of rotatable bonds is 9. The van der Waals surface area contributed by atoms with Gasteiger partial charge in [0.25, 0.3) is 5.91 Å². The number of benzene rings is 3. The summed E-state index contributed by atoms with van der Waals surface area (Å²) in [6.07, 6.45) is -0.371. The van der Waals surface area contributed by atoms with Gasteiger partial charge in [-0.15, -0.1) is 0 Å². The molecule has 4 atom stereocenters. The molecule has 2 aliphatic rings. The second-order valence-electron chi connectivity index (χ2n) is 10.9. The second-order valence-corrected chi connectivity index (χ2v) is 11.8. The number of nitrogens with zero attached hydrogens (tertiary/aromatic N) is 2. The SMILES string of the molecule is CCC[C@@H](C(=O)N1CC(C(=O)OC)C1)N1C(=O)[C@@H](Cc2ccc(F)cc2)OC(c2ccc(Cl)cc2)[C@@H]1c1ccc(Cl)cc1. The Kier molecular flexibility index (Phi) is 9.69. The fourth-order valence-electron chi connectivity index (χ4n) is 5.82. The highest BCUT2D eigenvalue weighted by molar-refractivity contribution is 6.30. The van der Waals surface area contributed by atoms with Crippen LogP contribution in [0.15, 0.2) is 72.8 Å². The maximum absolute atomic E-state index is 14.5. The molecule has 0 saturated carbocycles. The minimum absolute atomic E-state index is 0.189. The van der Waals surface area contributed by atoms with Gasteiger partial charge in [0.2, 0.25) is 5.91 Å². The van der Waals surface area contributed by atoms with Crippen molar-refractivity contribution in [2.45, 2.75) is 50.5 Å². The van der Waals surface area contributed by atoms with Crippen molar-refractivity contribution in [1.82, 2.24) is 9.80 Å². The number of halogens is 3. The number of carbonyl (C=O) groups is 3. The van der Waals surface area contributed by atoms with Crippen molar-refractivity contribution in [3.8, 4) is 0 Å². The molecule has 10 heteroatoms. The first kappa shape index (κ1) is 31.0. The lowest BCUT2D eigenvalue weighted by molar-refractivity contribution is -0.185. The fourth-order valence-corrected chi connectivity index (χ4v) is 6.08. The Hall–Kier alpha value is -3.46. The number of carbonyl (C=O) groups excluding carboxylic acids is 3. The van der Waals surface area contributed by atoms with Crippen LogP contribution in [0, 0.1) is 11.7 Å². The Balaban J connectivity index is 1.59. The number of likely N-dealkylation sites (tertiary alicyclic amines) is 1. The Morgan fingerprint density at radius 1 is 0.953 bits per heavy atom. The van der Waals surface area contributed by atoms with Crippen LogP contribution in [-0.4, -0.2) is 59.9 Å². The summed E-state index contributed by atoms with van der Waals surface area (Å²) >= 11 is 12.5. The molecule has 0 aliphatic carbocycles. The third-order valence-corrected chi connectivity index (χ3v) is 8.59. The number of morpholine rings is 1. The van der Waals surface area contributed by atoms with Gasteiger partial charge in [-0.3, -0.25) is 14.4 Å². The van der Waals surface area contributed by atoms with Gasteiger partial charge in [-0.1, -0.05) is 72.9 Å². The average molecular weight is 628 g/mol. The van der Waals surface area contributed by atoms with E-state index in [1.54, 1.807) is 46.2 Å². The quantitative estimate of drug-likeness (QED) is 0.265. The highest BCUT2D eigenvalue weighted by atomic mass is 35.5. The summed E-state index contributed by atoms with van der Waals surface area (Å²) in [6.45, 7) is 2.42. The van der Waals surface area contributed by atoms with E-state index < -0.39 is 30.2 Å². The van der Waals surface area contributed by atoms with E-state index in [4.69, 9.17) is 32.7 Å². The lowest BCUT2D eigenvalue weighted by atomic mass is 9.88. The van der Waals surface area contributed by atoms with Gasteiger partial charge in [-0.05, 0) is 59.5 Å².